The molecule has 2 aliphatic rings. The summed E-state index contributed by atoms with van der Waals surface area (Å²) >= 11 is 0. The van der Waals surface area contributed by atoms with Crippen LogP contribution in [0.2, 0.25) is 0 Å². The maximum Gasteiger partial charge on any atom is 0.224 e. The number of amides is 1. The molecule has 0 spiro atoms. The van der Waals surface area contributed by atoms with Crippen molar-refractivity contribution in [2.45, 2.75) is 19.4 Å². The molecule has 1 unspecified atom stereocenters. The SMILES string of the molecule is CCN1CCN(CCC(=O)N2CCOC(c3cccc(F)c3)C2)CC1. The maximum absolute atomic E-state index is 13.4. The number of rotatable bonds is 5. The van der Waals surface area contributed by atoms with E-state index in [0.717, 1.165) is 44.8 Å². The Hall–Kier alpha value is -1.50. The minimum Gasteiger partial charge on any atom is -0.370 e. The highest BCUT2D eigenvalue weighted by molar-refractivity contribution is 5.76. The fraction of sp³-hybridized carbons (Fsp3) is 0.632. The number of carbonyl (C=O) groups is 1. The molecule has 0 aromatic heterocycles. The molecule has 2 heterocycles. The Labute approximate surface area is 149 Å². The normalized spacial score (nSPS) is 23.0. The van der Waals surface area contributed by atoms with Gasteiger partial charge in [0.25, 0.3) is 0 Å². The standard InChI is InChI=1S/C19H28FN3O2/c1-2-21-8-10-22(11-9-21)7-6-19(24)23-12-13-25-18(15-23)16-4-3-5-17(20)14-16/h3-5,14,18H,2,6-13,15H2,1H3. The summed E-state index contributed by atoms with van der Waals surface area (Å²) in [5, 5.41) is 0. The van der Waals surface area contributed by atoms with E-state index < -0.39 is 0 Å². The predicted octanol–water partition coefficient (Wildman–Crippen LogP) is 1.75. The van der Waals surface area contributed by atoms with E-state index in [4.69, 9.17) is 4.74 Å². The smallest absolute Gasteiger partial charge is 0.224 e. The molecule has 2 saturated heterocycles. The van der Waals surface area contributed by atoms with Gasteiger partial charge in [0.2, 0.25) is 5.91 Å². The molecule has 25 heavy (non-hydrogen) atoms. The Balaban J connectivity index is 1.47. The third-order valence-electron chi connectivity index (χ3n) is 5.19. The van der Waals surface area contributed by atoms with Crippen molar-refractivity contribution < 1.29 is 13.9 Å². The molecule has 2 aliphatic heterocycles. The van der Waals surface area contributed by atoms with Crippen molar-refractivity contribution in [1.82, 2.24) is 14.7 Å². The molecule has 1 aromatic rings. The van der Waals surface area contributed by atoms with Crippen LogP contribution in [0.1, 0.15) is 25.0 Å². The molecule has 0 aliphatic carbocycles. The lowest BCUT2D eigenvalue weighted by Gasteiger charge is -2.35. The van der Waals surface area contributed by atoms with Gasteiger partial charge in [0.1, 0.15) is 11.9 Å². The number of likely N-dealkylation sites (N-methyl/N-ethyl adjacent to an activating group) is 1. The summed E-state index contributed by atoms with van der Waals surface area (Å²) in [6.45, 7) is 9.98. The lowest BCUT2D eigenvalue weighted by molar-refractivity contribution is -0.139. The number of halogens is 1. The number of piperazine rings is 1. The van der Waals surface area contributed by atoms with E-state index in [9.17, 15) is 9.18 Å². The van der Waals surface area contributed by atoms with Crippen molar-refractivity contribution in [3.63, 3.8) is 0 Å². The zero-order valence-electron chi connectivity index (χ0n) is 15.0. The van der Waals surface area contributed by atoms with Crippen LogP contribution < -0.4 is 0 Å². The molecule has 1 atom stereocenters. The summed E-state index contributed by atoms with van der Waals surface area (Å²) in [6, 6.07) is 6.46. The molecule has 6 heteroatoms. The highest BCUT2D eigenvalue weighted by Gasteiger charge is 2.26. The van der Waals surface area contributed by atoms with Gasteiger partial charge in [-0.15, -0.1) is 0 Å². The fourth-order valence-electron chi connectivity index (χ4n) is 3.53. The monoisotopic (exact) mass is 349 g/mol. The fourth-order valence-corrected chi connectivity index (χ4v) is 3.53. The Bertz CT molecular complexity index is 576. The first kappa shape index (κ1) is 18.3. The summed E-state index contributed by atoms with van der Waals surface area (Å²) in [5.74, 6) is -0.0987. The van der Waals surface area contributed by atoms with Crippen molar-refractivity contribution in [1.29, 1.82) is 0 Å². The van der Waals surface area contributed by atoms with Gasteiger partial charge in [0.05, 0.1) is 13.2 Å². The first-order valence-corrected chi connectivity index (χ1v) is 9.25. The van der Waals surface area contributed by atoms with Gasteiger partial charge in [-0.25, -0.2) is 4.39 Å². The van der Waals surface area contributed by atoms with Gasteiger partial charge in [0.15, 0.2) is 0 Å². The lowest BCUT2D eigenvalue weighted by atomic mass is 10.1. The lowest BCUT2D eigenvalue weighted by Crippen LogP contribution is -2.48. The average molecular weight is 349 g/mol. The van der Waals surface area contributed by atoms with Gasteiger partial charge in [-0.2, -0.15) is 0 Å². The molecule has 3 rings (SSSR count). The minimum atomic E-state index is -0.268. The summed E-state index contributed by atoms with van der Waals surface area (Å²) < 4.78 is 19.2. The quantitative estimate of drug-likeness (QED) is 0.812. The Morgan fingerprint density at radius 1 is 1.20 bits per heavy atom. The molecule has 1 amide bonds. The number of carbonyl (C=O) groups excluding carboxylic acids is 1. The van der Waals surface area contributed by atoms with Gasteiger partial charge in [-0.3, -0.25) is 4.79 Å². The second-order valence-electron chi connectivity index (χ2n) is 6.78. The van der Waals surface area contributed by atoms with E-state index in [1.165, 1.54) is 12.1 Å². The Morgan fingerprint density at radius 3 is 2.68 bits per heavy atom. The number of benzene rings is 1. The number of morpholine rings is 1. The number of ether oxygens (including phenoxy) is 1. The van der Waals surface area contributed by atoms with Crippen LogP contribution in [-0.2, 0) is 9.53 Å². The molecule has 0 radical (unpaired) electrons. The van der Waals surface area contributed by atoms with Crippen LogP contribution in [0.3, 0.4) is 0 Å². The van der Waals surface area contributed by atoms with Crippen molar-refractivity contribution in [2.24, 2.45) is 0 Å². The average Bonchev–Trinajstić information content (AvgIpc) is 2.66. The van der Waals surface area contributed by atoms with Crippen LogP contribution in [-0.4, -0.2) is 79.6 Å². The molecular weight excluding hydrogens is 321 g/mol. The van der Waals surface area contributed by atoms with E-state index in [0.29, 0.717) is 26.1 Å². The van der Waals surface area contributed by atoms with Crippen LogP contribution in [0.5, 0.6) is 0 Å². The van der Waals surface area contributed by atoms with E-state index in [1.54, 1.807) is 6.07 Å². The van der Waals surface area contributed by atoms with Crippen LogP contribution in [0.15, 0.2) is 24.3 Å². The van der Waals surface area contributed by atoms with Crippen molar-refractivity contribution in [3.8, 4) is 0 Å². The summed E-state index contributed by atoms with van der Waals surface area (Å²) in [6.07, 6.45) is 0.309. The van der Waals surface area contributed by atoms with Crippen LogP contribution in [0.4, 0.5) is 4.39 Å². The summed E-state index contributed by atoms with van der Waals surface area (Å²) in [4.78, 5) is 19.2. The first-order valence-electron chi connectivity index (χ1n) is 9.25. The topological polar surface area (TPSA) is 36.0 Å². The third kappa shape index (κ3) is 5.00. The third-order valence-corrected chi connectivity index (χ3v) is 5.19. The van der Waals surface area contributed by atoms with E-state index in [-0.39, 0.29) is 17.8 Å². The van der Waals surface area contributed by atoms with Gasteiger partial charge >= 0.3 is 0 Å². The van der Waals surface area contributed by atoms with Gasteiger partial charge in [-0.05, 0) is 24.2 Å². The molecule has 2 fully saturated rings. The highest BCUT2D eigenvalue weighted by Crippen LogP contribution is 2.23. The number of hydrogen-bond donors (Lipinski definition) is 0. The molecule has 0 saturated carbocycles. The molecular formula is C19H28FN3O2. The second kappa shape index (κ2) is 8.74. The van der Waals surface area contributed by atoms with Gasteiger partial charge in [0, 0.05) is 45.7 Å². The number of hydrogen-bond acceptors (Lipinski definition) is 4. The summed E-state index contributed by atoms with van der Waals surface area (Å²) in [5.41, 5.74) is 0.799. The van der Waals surface area contributed by atoms with Crippen molar-refractivity contribution >= 4 is 5.91 Å². The van der Waals surface area contributed by atoms with E-state index in [1.807, 2.05) is 11.0 Å². The second-order valence-corrected chi connectivity index (χ2v) is 6.78. The molecule has 138 valence electrons. The Kier molecular flexibility index (Phi) is 6.39. The first-order chi connectivity index (χ1) is 12.2. The maximum atomic E-state index is 13.4. The Morgan fingerprint density at radius 2 is 1.96 bits per heavy atom. The van der Waals surface area contributed by atoms with Gasteiger partial charge < -0.3 is 19.4 Å². The zero-order chi connectivity index (χ0) is 17.6. The highest BCUT2D eigenvalue weighted by atomic mass is 19.1. The van der Waals surface area contributed by atoms with Crippen molar-refractivity contribution in [3.05, 3.63) is 35.6 Å². The number of nitrogens with zero attached hydrogens (tertiary/aromatic N) is 3. The molecule has 0 bridgehead atoms. The molecule has 1 aromatic carbocycles. The van der Waals surface area contributed by atoms with E-state index >= 15 is 0 Å². The predicted molar refractivity (Wildman–Crippen MR) is 94.8 cm³/mol. The van der Waals surface area contributed by atoms with Crippen molar-refractivity contribution in [2.75, 3.05) is 59.0 Å². The van der Waals surface area contributed by atoms with Crippen LogP contribution in [0.25, 0.3) is 0 Å². The minimum absolute atomic E-state index is 0.169. The van der Waals surface area contributed by atoms with Crippen LogP contribution in [0, 0.1) is 5.82 Å². The largest absolute Gasteiger partial charge is 0.370 e. The summed E-state index contributed by atoms with van der Waals surface area (Å²) in [7, 11) is 0. The van der Waals surface area contributed by atoms with Gasteiger partial charge in [-0.1, -0.05) is 19.1 Å². The molecule has 0 N–H and O–H groups in total. The van der Waals surface area contributed by atoms with Crippen LogP contribution >= 0.6 is 0 Å². The van der Waals surface area contributed by atoms with E-state index in [2.05, 4.69) is 16.7 Å². The zero-order valence-corrected chi connectivity index (χ0v) is 15.0. The molecule has 5 nitrogen and oxygen atoms in total.